The van der Waals surface area contributed by atoms with Crippen molar-refractivity contribution in [2.24, 2.45) is 0 Å². The molecule has 2 aromatic carbocycles. The van der Waals surface area contributed by atoms with Gasteiger partial charge in [-0.15, -0.1) is 0 Å². The van der Waals surface area contributed by atoms with Gasteiger partial charge in [0.05, 0.1) is 0 Å². The SMILES string of the molecule is O=C(C[n+]1cccc(O)c1)Nc1cccc2ccccc12.[Cl-]. The second kappa shape index (κ2) is 6.91. The van der Waals surface area contributed by atoms with Crippen LogP contribution in [0, 0.1) is 0 Å². The van der Waals surface area contributed by atoms with E-state index in [0.29, 0.717) is 0 Å². The number of anilines is 1. The average Bonchev–Trinajstić information content (AvgIpc) is 2.47. The zero-order valence-corrected chi connectivity index (χ0v) is 12.5. The van der Waals surface area contributed by atoms with Crippen molar-refractivity contribution in [2.45, 2.75) is 6.54 Å². The molecular weight excluding hydrogens is 300 g/mol. The van der Waals surface area contributed by atoms with Crippen molar-refractivity contribution in [3.8, 4) is 5.75 Å². The Kier molecular flexibility index (Phi) is 4.96. The molecule has 0 aliphatic carbocycles. The number of hydrogen-bond acceptors (Lipinski definition) is 2. The molecule has 0 fully saturated rings. The fourth-order valence-corrected chi connectivity index (χ4v) is 2.30. The topological polar surface area (TPSA) is 53.2 Å². The zero-order chi connectivity index (χ0) is 14.7. The van der Waals surface area contributed by atoms with Crippen LogP contribution in [0.2, 0.25) is 0 Å². The molecular formula is C17H15ClN2O2. The van der Waals surface area contributed by atoms with E-state index in [2.05, 4.69) is 5.32 Å². The Labute approximate surface area is 134 Å². The van der Waals surface area contributed by atoms with Gasteiger partial charge in [-0.1, -0.05) is 36.4 Å². The van der Waals surface area contributed by atoms with E-state index >= 15 is 0 Å². The molecule has 0 spiro atoms. The predicted molar refractivity (Wildman–Crippen MR) is 80.9 cm³/mol. The number of aromatic nitrogens is 1. The summed E-state index contributed by atoms with van der Waals surface area (Å²) in [6, 6.07) is 17.0. The van der Waals surface area contributed by atoms with Crippen LogP contribution in [-0.2, 0) is 11.3 Å². The summed E-state index contributed by atoms with van der Waals surface area (Å²) in [5.41, 5.74) is 0.791. The molecule has 2 N–H and O–H groups in total. The first-order valence-electron chi connectivity index (χ1n) is 6.68. The molecule has 0 unspecified atom stereocenters. The van der Waals surface area contributed by atoms with Crippen LogP contribution >= 0.6 is 0 Å². The molecule has 1 amide bonds. The number of carbonyl (C=O) groups excluding carboxylic acids is 1. The molecule has 1 aromatic heterocycles. The summed E-state index contributed by atoms with van der Waals surface area (Å²) in [7, 11) is 0. The average molecular weight is 315 g/mol. The fraction of sp³-hybridized carbons (Fsp3) is 0.0588. The minimum Gasteiger partial charge on any atom is -1.00 e. The van der Waals surface area contributed by atoms with E-state index in [-0.39, 0.29) is 30.6 Å². The second-order valence-corrected chi connectivity index (χ2v) is 4.81. The molecule has 0 bridgehead atoms. The Morgan fingerprint density at radius 2 is 1.82 bits per heavy atom. The van der Waals surface area contributed by atoms with Gasteiger partial charge in [-0.2, -0.15) is 4.57 Å². The number of carbonyl (C=O) groups is 1. The smallest absolute Gasteiger partial charge is 0.290 e. The molecule has 0 atom stereocenters. The molecule has 3 aromatic rings. The first kappa shape index (κ1) is 15.8. The van der Waals surface area contributed by atoms with Gasteiger partial charge in [0.25, 0.3) is 5.91 Å². The van der Waals surface area contributed by atoms with Crippen LogP contribution < -0.4 is 22.3 Å². The zero-order valence-electron chi connectivity index (χ0n) is 11.7. The van der Waals surface area contributed by atoms with Gasteiger partial charge in [-0.3, -0.25) is 4.79 Å². The van der Waals surface area contributed by atoms with Crippen molar-refractivity contribution < 1.29 is 26.9 Å². The number of aromatic hydroxyl groups is 1. The first-order valence-corrected chi connectivity index (χ1v) is 6.68. The lowest BCUT2D eigenvalue weighted by Gasteiger charge is -2.07. The highest BCUT2D eigenvalue weighted by Crippen LogP contribution is 2.22. The lowest BCUT2D eigenvalue weighted by molar-refractivity contribution is -0.684. The van der Waals surface area contributed by atoms with Crippen molar-refractivity contribution in [3.05, 3.63) is 67.0 Å². The van der Waals surface area contributed by atoms with E-state index in [1.165, 1.54) is 6.20 Å². The van der Waals surface area contributed by atoms with E-state index in [1.54, 1.807) is 22.9 Å². The number of halogens is 1. The summed E-state index contributed by atoms with van der Waals surface area (Å²) in [6.07, 6.45) is 3.26. The summed E-state index contributed by atoms with van der Waals surface area (Å²) in [6.45, 7) is 0.150. The maximum Gasteiger partial charge on any atom is 0.290 e. The summed E-state index contributed by atoms with van der Waals surface area (Å²) in [5.74, 6) is -0.00239. The Balaban J connectivity index is 0.00000176. The molecule has 0 radical (unpaired) electrons. The van der Waals surface area contributed by atoms with Gasteiger partial charge in [0.1, 0.15) is 0 Å². The number of pyridine rings is 1. The normalized spacial score (nSPS) is 10.0. The molecule has 1 heterocycles. The van der Waals surface area contributed by atoms with Crippen molar-refractivity contribution in [3.63, 3.8) is 0 Å². The third-order valence-corrected chi connectivity index (χ3v) is 3.23. The van der Waals surface area contributed by atoms with Crippen LogP contribution in [0.15, 0.2) is 67.0 Å². The highest BCUT2D eigenvalue weighted by molar-refractivity contribution is 6.01. The van der Waals surface area contributed by atoms with Gasteiger partial charge >= 0.3 is 0 Å². The van der Waals surface area contributed by atoms with Crippen LogP contribution in [0.4, 0.5) is 5.69 Å². The molecule has 0 saturated heterocycles. The van der Waals surface area contributed by atoms with Crippen molar-refractivity contribution >= 4 is 22.4 Å². The van der Waals surface area contributed by atoms with Crippen LogP contribution in [-0.4, -0.2) is 11.0 Å². The number of fused-ring (bicyclic) bond motifs is 1. The second-order valence-electron chi connectivity index (χ2n) is 4.81. The van der Waals surface area contributed by atoms with Crippen LogP contribution in [0.25, 0.3) is 10.8 Å². The van der Waals surface area contributed by atoms with Crippen molar-refractivity contribution in [1.29, 1.82) is 0 Å². The number of rotatable bonds is 3. The van der Waals surface area contributed by atoms with Gasteiger partial charge in [0.2, 0.25) is 12.7 Å². The first-order chi connectivity index (χ1) is 10.2. The predicted octanol–water partition coefficient (Wildman–Crippen LogP) is -0.524. The molecule has 0 aliphatic heterocycles. The highest BCUT2D eigenvalue weighted by Gasteiger charge is 2.11. The summed E-state index contributed by atoms with van der Waals surface area (Å²) >= 11 is 0. The molecule has 3 rings (SSSR count). The molecule has 4 nitrogen and oxygen atoms in total. The van der Waals surface area contributed by atoms with Gasteiger partial charge in [0.15, 0.2) is 11.9 Å². The highest BCUT2D eigenvalue weighted by atomic mass is 35.5. The summed E-state index contributed by atoms with van der Waals surface area (Å²) < 4.78 is 1.63. The lowest BCUT2D eigenvalue weighted by Crippen LogP contribution is -3.00. The number of amides is 1. The molecule has 112 valence electrons. The number of nitrogens with zero attached hydrogens (tertiary/aromatic N) is 1. The third-order valence-electron chi connectivity index (χ3n) is 3.23. The van der Waals surface area contributed by atoms with Crippen LogP contribution in [0.5, 0.6) is 5.75 Å². The van der Waals surface area contributed by atoms with Crippen LogP contribution in [0.3, 0.4) is 0 Å². The van der Waals surface area contributed by atoms with E-state index in [4.69, 9.17) is 0 Å². The number of hydrogen-bond donors (Lipinski definition) is 2. The van der Waals surface area contributed by atoms with Gasteiger partial charge in [-0.05, 0) is 17.5 Å². The number of nitrogens with one attached hydrogen (secondary N) is 1. The Hall–Kier alpha value is -2.59. The quantitative estimate of drug-likeness (QED) is 0.639. The number of benzene rings is 2. The molecule has 5 heteroatoms. The van der Waals surface area contributed by atoms with E-state index < -0.39 is 0 Å². The molecule has 0 saturated carbocycles. The minimum absolute atomic E-state index is 0. The molecule has 22 heavy (non-hydrogen) atoms. The Bertz CT molecular complexity index is 800. The maximum atomic E-state index is 12.1. The van der Waals surface area contributed by atoms with Gasteiger partial charge < -0.3 is 22.8 Å². The third kappa shape index (κ3) is 3.54. The summed E-state index contributed by atoms with van der Waals surface area (Å²) in [4.78, 5) is 12.1. The van der Waals surface area contributed by atoms with Crippen molar-refractivity contribution in [1.82, 2.24) is 0 Å². The molecule has 0 aliphatic rings. The van der Waals surface area contributed by atoms with E-state index in [1.807, 2.05) is 42.5 Å². The lowest BCUT2D eigenvalue weighted by atomic mass is 10.1. The summed E-state index contributed by atoms with van der Waals surface area (Å²) in [5, 5.41) is 14.4. The minimum atomic E-state index is -0.137. The monoisotopic (exact) mass is 314 g/mol. The van der Waals surface area contributed by atoms with E-state index in [9.17, 15) is 9.90 Å². The van der Waals surface area contributed by atoms with E-state index in [0.717, 1.165) is 16.5 Å². The fourth-order valence-electron chi connectivity index (χ4n) is 2.30. The maximum absolute atomic E-state index is 12.1. The standard InChI is InChI=1S/C17H14N2O2.ClH/c20-14-7-4-10-19(11-14)12-17(21)18-16-9-3-6-13-5-1-2-8-15(13)16;/h1-11H,12H2,(H-,18,20,21);1H. The van der Waals surface area contributed by atoms with Crippen LogP contribution in [0.1, 0.15) is 0 Å². The largest absolute Gasteiger partial charge is 1.00 e. The van der Waals surface area contributed by atoms with Crippen molar-refractivity contribution in [2.75, 3.05) is 5.32 Å². The van der Waals surface area contributed by atoms with Gasteiger partial charge in [0, 0.05) is 17.1 Å². The Morgan fingerprint density at radius 1 is 1.05 bits per heavy atom. The Morgan fingerprint density at radius 3 is 2.64 bits per heavy atom. The van der Waals surface area contributed by atoms with Gasteiger partial charge in [-0.25, -0.2) is 0 Å².